The van der Waals surface area contributed by atoms with Crippen molar-refractivity contribution in [2.45, 2.75) is 0 Å². The van der Waals surface area contributed by atoms with Gasteiger partial charge in [0.25, 0.3) is 5.91 Å². The van der Waals surface area contributed by atoms with Crippen LogP contribution in [0.1, 0.15) is 15.9 Å². The van der Waals surface area contributed by atoms with Crippen LogP contribution in [0.5, 0.6) is 0 Å². The topological polar surface area (TPSA) is 98.2 Å². The fourth-order valence-corrected chi connectivity index (χ4v) is 3.75. The summed E-state index contributed by atoms with van der Waals surface area (Å²) >= 11 is 12.0. The lowest BCUT2D eigenvalue weighted by molar-refractivity contribution is 0.102. The Hall–Kier alpha value is -3.94. The molecule has 0 saturated heterocycles. The number of fused-ring (bicyclic) bond motifs is 2. The van der Waals surface area contributed by atoms with Gasteiger partial charge in [0.2, 0.25) is 0 Å². The molecule has 162 valence electrons. The molecule has 2 heterocycles. The molecule has 2 aromatic heterocycles. The van der Waals surface area contributed by atoms with Gasteiger partial charge in [-0.2, -0.15) is 9.78 Å². The van der Waals surface area contributed by atoms with Crippen molar-refractivity contribution in [3.63, 3.8) is 0 Å². The van der Waals surface area contributed by atoms with Gasteiger partial charge in [0.1, 0.15) is 16.9 Å². The fourth-order valence-electron chi connectivity index (χ4n) is 3.43. The Morgan fingerprint density at radius 3 is 2.39 bits per heavy atom. The van der Waals surface area contributed by atoms with Gasteiger partial charge in [0.05, 0.1) is 17.2 Å². The van der Waals surface area contributed by atoms with Crippen molar-refractivity contribution in [3.05, 3.63) is 94.0 Å². The summed E-state index contributed by atoms with van der Waals surface area (Å²) in [4.78, 5) is 22.6. The van der Waals surface area contributed by atoms with Crippen LogP contribution in [0.3, 0.4) is 0 Å². The van der Waals surface area contributed by atoms with E-state index >= 15 is 0 Å². The lowest BCUT2D eigenvalue weighted by Crippen LogP contribution is -2.14. The number of nitrogens with zero attached hydrogens (tertiary/aromatic N) is 4. The molecule has 1 amide bonds. The minimum absolute atomic E-state index is 0.116. The average Bonchev–Trinajstić information content (AvgIpc) is 3.08. The van der Waals surface area contributed by atoms with E-state index in [0.29, 0.717) is 37.9 Å². The molecule has 9 heteroatoms. The van der Waals surface area contributed by atoms with E-state index in [2.05, 4.69) is 20.4 Å². The third-order valence-corrected chi connectivity index (χ3v) is 5.46. The van der Waals surface area contributed by atoms with E-state index < -0.39 is 5.91 Å². The number of nitrogen functional groups attached to an aromatic ring is 1. The molecule has 0 aliphatic carbocycles. The molecule has 5 rings (SSSR count). The molecular formula is C24H16Cl2N6O. The van der Waals surface area contributed by atoms with Gasteiger partial charge in [0, 0.05) is 15.7 Å². The number of nitrogens with one attached hydrogen (secondary N) is 1. The molecule has 33 heavy (non-hydrogen) atoms. The van der Waals surface area contributed by atoms with Crippen LogP contribution in [0.4, 0.5) is 11.5 Å². The van der Waals surface area contributed by atoms with E-state index in [1.54, 1.807) is 42.6 Å². The molecule has 0 saturated carbocycles. The number of carbonyl (C=O) groups excluding carboxylic acids is 1. The summed E-state index contributed by atoms with van der Waals surface area (Å²) in [5.74, 6) is -0.314. The summed E-state index contributed by atoms with van der Waals surface area (Å²) in [7, 11) is 0. The number of hydrogen-bond donors (Lipinski definition) is 2. The predicted molar refractivity (Wildman–Crippen MR) is 133 cm³/mol. The van der Waals surface area contributed by atoms with Gasteiger partial charge in [-0.15, -0.1) is 0 Å². The largest absolute Gasteiger partial charge is 0.383 e. The fraction of sp³-hybridized carbons (Fsp3) is 0. The maximum absolute atomic E-state index is 13.2. The van der Waals surface area contributed by atoms with Crippen molar-refractivity contribution in [2.24, 2.45) is 5.10 Å². The van der Waals surface area contributed by atoms with E-state index in [9.17, 15) is 4.79 Å². The average molecular weight is 475 g/mol. The van der Waals surface area contributed by atoms with Crippen LogP contribution in [0.15, 0.2) is 77.9 Å². The van der Waals surface area contributed by atoms with Crippen LogP contribution in [-0.4, -0.2) is 26.8 Å². The quantitative estimate of drug-likeness (QED) is 0.330. The number of anilines is 2. The van der Waals surface area contributed by atoms with Gasteiger partial charge in [-0.1, -0.05) is 47.5 Å². The highest BCUT2D eigenvalue weighted by Gasteiger charge is 2.24. The number of para-hydroxylation sites is 2. The molecule has 3 N–H and O–H groups in total. The molecule has 0 atom stereocenters. The smallest absolute Gasteiger partial charge is 0.261 e. The first-order valence-corrected chi connectivity index (χ1v) is 10.7. The van der Waals surface area contributed by atoms with Crippen molar-refractivity contribution in [3.8, 4) is 0 Å². The molecule has 0 aliphatic heterocycles. The summed E-state index contributed by atoms with van der Waals surface area (Å²) in [6.45, 7) is 0. The second-order valence-corrected chi connectivity index (χ2v) is 8.09. The zero-order valence-corrected chi connectivity index (χ0v) is 18.5. The number of nitrogens with two attached hydrogens (primary N) is 1. The monoisotopic (exact) mass is 474 g/mol. The van der Waals surface area contributed by atoms with E-state index in [-0.39, 0.29) is 11.4 Å². The Bertz CT molecular complexity index is 1540. The number of benzene rings is 3. The normalized spacial score (nSPS) is 11.5. The van der Waals surface area contributed by atoms with Gasteiger partial charge >= 0.3 is 0 Å². The van der Waals surface area contributed by atoms with Gasteiger partial charge in [-0.25, -0.2) is 9.97 Å². The Morgan fingerprint density at radius 1 is 0.939 bits per heavy atom. The summed E-state index contributed by atoms with van der Waals surface area (Å²) in [6.07, 6.45) is 1.60. The van der Waals surface area contributed by atoms with Crippen LogP contribution >= 0.6 is 23.2 Å². The van der Waals surface area contributed by atoms with Crippen LogP contribution in [0.25, 0.3) is 22.2 Å². The third kappa shape index (κ3) is 4.11. The number of hydrogen-bond acceptors (Lipinski definition) is 5. The summed E-state index contributed by atoms with van der Waals surface area (Å²) in [5, 5.41) is 8.46. The van der Waals surface area contributed by atoms with Crippen LogP contribution in [-0.2, 0) is 0 Å². The van der Waals surface area contributed by atoms with Crippen LogP contribution in [0.2, 0.25) is 10.0 Å². The summed E-state index contributed by atoms with van der Waals surface area (Å²) in [5.41, 5.74) is 9.95. The van der Waals surface area contributed by atoms with Gasteiger partial charge < -0.3 is 11.1 Å². The molecule has 0 radical (unpaired) electrons. The molecule has 0 spiro atoms. The summed E-state index contributed by atoms with van der Waals surface area (Å²) < 4.78 is 1.41. The zero-order valence-electron chi connectivity index (χ0n) is 17.0. The second kappa shape index (κ2) is 8.54. The molecule has 0 aliphatic rings. The highest BCUT2D eigenvalue weighted by Crippen LogP contribution is 2.29. The first-order chi connectivity index (χ1) is 16.0. The third-order valence-electron chi connectivity index (χ3n) is 4.97. The molecule has 7 nitrogen and oxygen atoms in total. The maximum atomic E-state index is 13.2. The number of rotatable bonds is 4. The van der Waals surface area contributed by atoms with E-state index in [0.717, 1.165) is 5.56 Å². The minimum atomic E-state index is -0.430. The molecule has 0 bridgehead atoms. The number of amides is 1. The molecule has 0 fully saturated rings. The first-order valence-electron chi connectivity index (χ1n) is 9.93. The first kappa shape index (κ1) is 20.9. The van der Waals surface area contributed by atoms with Gasteiger partial charge in [-0.3, -0.25) is 4.79 Å². The van der Waals surface area contributed by atoms with Crippen molar-refractivity contribution in [2.75, 3.05) is 11.1 Å². The lowest BCUT2D eigenvalue weighted by atomic mass is 10.2. The zero-order chi connectivity index (χ0) is 22.9. The Morgan fingerprint density at radius 2 is 1.67 bits per heavy atom. The van der Waals surface area contributed by atoms with Crippen molar-refractivity contribution in [1.29, 1.82) is 0 Å². The van der Waals surface area contributed by atoms with Gasteiger partial charge in [0.15, 0.2) is 5.65 Å². The Balaban J connectivity index is 1.66. The number of halogens is 2. The highest BCUT2D eigenvalue weighted by molar-refractivity contribution is 6.31. The minimum Gasteiger partial charge on any atom is -0.383 e. The van der Waals surface area contributed by atoms with Crippen molar-refractivity contribution in [1.82, 2.24) is 14.6 Å². The van der Waals surface area contributed by atoms with E-state index in [1.807, 2.05) is 36.4 Å². The highest BCUT2D eigenvalue weighted by atomic mass is 35.5. The van der Waals surface area contributed by atoms with Crippen LogP contribution in [0, 0.1) is 0 Å². The second-order valence-electron chi connectivity index (χ2n) is 7.22. The standard InChI is InChI=1S/C24H16Cl2N6O/c25-15-8-10-17(11-9-15)29-24(33)20-21-23(31-19-7-2-1-6-18(19)30-21)32(22(20)27)28-13-14-4-3-5-16(26)12-14/h1-13H,27H2,(H,29,33)/b28-13+. The SMILES string of the molecule is Nc1c(C(=O)Nc2ccc(Cl)cc2)c2nc3ccccc3nc2n1/N=C/c1cccc(Cl)c1. The van der Waals surface area contributed by atoms with Crippen molar-refractivity contribution < 1.29 is 4.79 Å². The summed E-state index contributed by atoms with van der Waals surface area (Å²) in [6, 6.07) is 21.4. The molecule has 3 aromatic carbocycles. The van der Waals surface area contributed by atoms with E-state index in [1.165, 1.54) is 4.68 Å². The molecule has 5 aromatic rings. The Kier molecular flexibility index (Phi) is 5.42. The van der Waals surface area contributed by atoms with E-state index in [4.69, 9.17) is 28.9 Å². The van der Waals surface area contributed by atoms with Gasteiger partial charge in [-0.05, 0) is 54.1 Å². The number of carbonyl (C=O) groups is 1. The predicted octanol–water partition coefficient (Wildman–Crippen LogP) is 5.61. The molecule has 0 unspecified atom stereocenters. The lowest BCUT2D eigenvalue weighted by Gasteiger charge is -2.05. The number of aromatic nitrogens is 3. The Labute approximate surface area is 198 Å². The van der Waals surface area contributed by atoms with Crippen molar-refractivity contribution >= 4 is 69.0 Å². The van der Waals surface area contributed by atoms with Crippen LogP contribution < -0.4 is 11.1 Å². The molecular weight excluding hydrogens is 459 g/mol. The maximum Gasteiger partial charge on any atom is 0.261 e.